The molecule has 0 unspecified atom stereocenters. The molecule has 1 N–H and O–H groups in total. The third kappa shape index (κ3) is 3.90. The predicted molar refractivity (Wildman–Crippen MR) is 73.8 cm³/mol. The highest BCUT2D eigenvalue weighted by molar-refractivity contribution is 14.1. The molecule has 0 fully saturated rings. The fraction of sp³-hybridized carbons (Fsp3) is 1.00. The number of hydroxylamine groups is 2. The van der Waals surface area contributed by atoms with E-state index < -0.39 is 58.5 Å². The van der Waals surface area contributed by atoms with Crippen LogP contribution in [0.1, 0.15) is 26.7 Å². The monoisotopic (exact) mass is 524 g/mol. The van der Waals surface area contributed by atoms with Gasteiger partial charge < -0.3 is 0 Å². The first-order valence-electron chi connectivity index (χ1n) is 5.68. The Bertz CT molecular complexity index is 599. The predicted octanol–water partition coefficient (Wildman–Crippen LogP) is 2.48. The topological polar surface area (TPSA) is 104 Å². The van der Waals surface area contributed by atoms with Crippen LogP contribution in [0.2, 0.25) is 0 Å². The van der Waals surface area contributed by atoms with Crippen LogP contribution in [0, 0.1) is 0 Å². The maximum absolute atomic E-state index is 12.8. The molecule has 0 heterocycles. The highest BCUT2D eigenvalue weighted by Gasteiger charge is 2.68. The Morgan fingerprint density at radius 1 is 0.917 bits per heavy atom. The van der Waals surface area contributed by atoms with Gasteiger partial charge in [-0.05, 0) is 18.1 Å². The number of halogens is 7. The standard InChI is InChI=1S/C7H11F6IN2O6S2/c1-3-5(4-2,15(17)22-14)16(23(18,19)6(8,9)10)24(20,21)7(11,12)13/h17H,3-4H2,1-2H3. The molecule has 0 radical (unpaired) electrons. The third-order valence-corrected chi connectivity index (χ3v) is 7.19. The van der Waals surface area contributed by atoms with Crippen LogP contribution >= 0.6 is 23.0 Å². The number of nitrogens with zero attached hydrogens (tertiary/aromatic N) is 2. The van der Waals surface area contributed by atoms with Gasteiger partial charge in [0.25, 0.3) is 0 Å². The van der Waals surface area contributed by atoms with Crippen molar-refractivity contribution in [2.45, 2.75) is 43.4 Å². The van der Waals surface area contributed by atoms with Gasteiger partial charge in [0.05, 0.1) is 0 Å². The Morgan fingerprint density at radius 2 is 1.21 bits per heavy atom. The highest BCUT2D eigenvalue weighted by Crippen LogP contribution is 2.43. The zero-order valence-corrected chi connectivity index (χ0v) is 15.5. The lowest BCUT2D eigenvalue weighted by atomic mass is 10.1. The molecule has 17 heteroatoms. The summed E-state index contributed by atoms with van der Waals surface area (Å²) < 4.78 is 125. The van der Waals surface area contributed by atoms with Crippen molar-refractivity contribution in [2.24, 2.45) is 0 Å². The molecule has 24 heavy (non-hydrogen) atoms. The molecule has 0 aromatic rings. The summed E-state index contributed by atoms with van der Waals surface area (Å²) in [5, 5.41) is 8.80. The van der Waals surface area contributed by atoms with Gasteiger partial charge in [0, 0.05) is 0 Å². The Labute approximate surface area is 147 Å². The number of alkyl halides is 6. The van der Waals surface area contributed by atoms with E-state index in [1.165, 1.54) is 0 Å². The second-order valence-corrected chi connectivity index (χ2v) is 8.31. The van der Waals surface area contributed by atoms with Crippen molar-refractivity contribution in [3.8, 4) is 0 Å². The Kier molecular flexibility index (Phi) is 7.36. The van der Waals surface area contributed by atoms with E-state index in [1.54, 1.807) is 0 Å². The molecule has 0 aromatic heterocycles. The summed E-state index contributed by atoms with van der Waals surface area (Å²) in [5.74, 6) is 0. The van der Waals surface area contributed by atoms with E-state index in [1.807, 2.05) is 0 Å². The molecule has 0 bridgehead atoms. The van der Waals surface area contributed by atoms with Crippen molar-refractivity contribution < 1.29 is 51.6 Å². The average Bonchev–Trinajstić information content (AvgIpc) is 2.40. The minimum Gasteiger partial charge on any atom is -0.287 e. The average molecular weight is 524 g/mol. The molecule has 0 aliphatic carbocycles. The number of hydrogen-bond donors (Lipinski definition) is 1. The van der Waals surface area contributed by atoms with Gasteiger partial charge in [-0.3, -0.25) is 5.21 Å². The molecule has 8 nitrogen and oxygen atoms in total. The van der Waals surface area contributed by atoms with E-state index in [9.17, 15) is 48.4 Å². The summed E-state index contributed by atoms with van der Waals surface area (Å²) >= 11 is 0.814. The van der Waals surface area contributed by atoms with E-state index in [-0.39, 0.29) is 0 Å². The van der Waals surface area contributed by atoms with Gasteiger partial charge >= 0.3 is 31.1 Å². The highest BCUT2D eigenvalue weighted by atomic mass is 127. The molecular weight excluding hydrogens is 513 g/mol. The van der Waals surface area contributed by atoms with Crippen molar-refractivity contribution in [2.75, 3.05) is 0 Å². The van der Waals surface area contributed by atoms with E-state index in [0.29, 0.717) is 0 Å². The number of hydrogen-bond acceptors (Lipinski definition) is 7. The first-order chi connectivity index (χ1) is 10.5. The van der Waals surface area contributed by atoms with Crippen molar-refractivity contribution >= 4 is 43.1 Å². The molecule has 0 amide bonds. The Hall–Kier alpha value is 0.0500. The summed E-state index contributed by atoms with van der Waals surface area (Å²) in [4.78, 5) is 0. The second-order valence-electron chi connectivity index (χ2n) is 4.13. The molecule has 0 spiro atoms. The first-order valence-corrected chi connectivity index (χ1v) is 9.44. The van der Waals surface area contributed by atoms with Gasteiger partial charge in [-0.15, -0.1) is 0 Å². The quantitative estimate of drug-likeness (QED) is 0.236. The third-order valence-electron chi connectivity index (χ3n) is 2.92. The maximum Gasteiger partial charge on any atom is 0.512 e. The molecule has 0 rings (SSSR count). The molecule has 0 saturated heterocycles. The van der Waals surface area contributed by atoms with E-state index in [0.717, 1.165) is 36.9 Å². The lowest BCUT2D eigenvalue weighted by Gasteiger charge is -2.42. The van der Waals surface area contributed by atoms with Crippen LogP contribution in [-0.2, 0) is 23.2 Å². The minimum atomic E-state index is -7.08. The fourth-order valence-corrected chi connectivity index (χ4v) is 5.51. The van der Waals surface area contributed by atoms with Crippen molar-refractivity contribution in [1.29, 1.82) is 0 Å². The largest absolute Gasteiger partial charge is 0.512 e. The van der Waals surface area contributed by atoms with Crippen LogP contribution in [0.25, 0.3) is 0 Å². The van der Waals surface area contributed by atoms with Gasteiger partial charge in [0.2, 0.25) is 0 Å². The smallest absolute Gasteiger partial charge is 0.287 e. The SMILES string of the molecule is CCC(CC)(N(O)OI)N(S(=O)(=O)C(F)(F)F)S(=O)(=O)C(F)(F)F. The molecule has 0 aliphatic rings. The van der Waals surface area contributed by atoms with E-state index in [4.69, 9.17) is 0 Å². The summed E-state index contributed by atoms with van der Waals surface area (Å²) in [5.41, 5.74) is -16.0. The lowest BCUT2D eigenvalue weighted by Crippen LogP contribution is -2.65. The van der Waals surface area contributed by atoms with Crippen LogP contribution in [0.15, 0.2) is 0 Å². The van der Waals surface area contributed by atoms with Crippen LogP contribution in [0.5, 0.6) is 0 Å². The van der Waals surface area contributed by atoms with Crippen molar-refractivity contribution in [3.63, 3.8) is 0 Å². The minimum absolute atomic E-state index is 0.694. The first kappa shape index (κ1) is 24.1. The summed E-state index contributed by atoms with van der Waals surface area (Å²) in [6, 6.07) is 0. The van der Waals surface area contributed by atoms with Gasteiger partial charge in [-0.25, -0.2) is 20.0 Å². The van der Waals surface area contributed by atoms with Crippen LogP contribution in [-0.4, -0.2) is 47.7 Å². The Balaban J connectivity index is 7.05. The normalized spacial score (nSPS) is 15.3. The lowest BCUT2D eigenvalue weighted by molar-refractivity contribution is -0.338. The number of sulfonamides is 2. The molecule has 0 aromatic carbocycles. The Morgan fingerprint density at radius 3 is 1.38 bits per heavy atom. The zero-order valence-electron chi connectivity index (χ0n) is 11.8. The van der Waals surface area contributed by atoms with Gasteiger partial charge in [-0.1, -0.05) is 17.6 Å². The zero-order chi connectivity index (χ0) is 19.8. The van der Waals surface area contributed by atoms with Gasteiger partial charge in [0.15, 0.2) is 5.66 Å². The maximum atomic E-state index is 12.8. The van der Waals surface area contributed by atoms with Gasteiger partial charge in [0.1, 0.15) is 23.0 Å². The number of rotatable bonds is 7. The summed E-state index contributed by atoms with van der Waals surface area (Å²) in [6.07, 6.45) is -2.01. The van der Waals surface area contributed by atoms with E-state index in [2.05, 4.69) is 3.17 Å². The summed E-state index contributed by atoms with van der Waals surface area (Å²) in [6.45, 7) is 1.71. The van der Waals surface area contributed by atoms with Crippen molar-refractivity contribution in [1.82, 2.24) is 8.94 Å². The molecule has 0 saturated carbocycles. The molecule has 0 aliphatic heterocycles. The van der Waals surface area contributed by atoms with Crippen LogP contribution in [0.3, 0.4) is 0 Å². The van der Waals surface area contributed by atoms with E-state index >= 15 is 0 Å². The molecular formula is C7H11F6IN2O6S2. The summed E-state index contributed by atoms with van der Waals surface area (Å²) in [7, 11) is -14.2. The van der Waals surface area contributed by atoms with Crippen LogP contribution < -0.4 is 0 Å². The molecule has 0 atom stereocenters. The van der Waals surface area contributed by atoms with Gasteiger partial charge in [-0.2, -0.15) is 26.3 Å². The molecule has 146 valence electrons. The second kappa shape index (κ2) is 7.35. The fourth-order valence-electron chi connectivity index (χ4n) is 1.68. The van der Waals surface area contributed by atoms with Crippen LogP contribution in [0.4, 0.5) is 26.3 Å². The van der Waals surface area contributed by atoms with Crippen molar-refractivity contribution in [3.05, 3.63) is 0 Å².